The van der Waals surface area contributed by atoms with E-state index in [1.165, 1.54) is 6.92 Å². The largest absolute Gasteiger partial charge is 0.452 e. The van der Waals surface area contributed by atoms with E-state index in [-0.39, 0.29) is 6.42 Å². The lowest BCUT2D eigenvalue weighted by atomic mass is 10.1. The molecule has 0 aliphatic carbocycles. The Balaban J connectivity index is 1.90. The maximum atomic E-state index is 12.0. The molecule has 0 aliphatic heterocycles. The molecule has 0 saturated carbocycles. The van der Waals surface area contributed by atoms with Crippen LogP contribution in [0.3, 0.4) is 0 Å². The Bertz CT molecular complexity index is 720. The van der Waals surface area contributed by atoms with Crippen molar-refractivity contribution in [1.82, 2.24) is 0 Å². The first-order valence-corrected chi connectivity index (χ1v) is 8.12. The number of nitrogens with one attached hydrogen (secondary N) is 1. The minimum absolute atomic E-state index is 0.0220. The molecule has 4 nitrogen and oxygen atoms in total. The Hall–Kier alpha value is -1.85. The summed E-state index contributed by atoms with van der Waals surface area (Å²) < 4.78 is 6.00. The number of benzene rings is 2. The van der Waals surface area contributed by atoms with Crippen LogP contribution in [-0.4, -0.2) is 18.0 Å². The van der Waals surface area contributed by atoms with Crippen LogP contribution >= 0.6 is 27.5 Å². The van der Waals surface area contributed by atoms with Gasteiger partial charge in [-0.1, -0.05) is 51.8 Å². The lowest BCUT2D eigenvalue weighted by Crippen LogP contribution is -2.30. The number of carbonyl (C=O) groups excluding carboxylic acids is 2. The van der Waals surface area contributed by atoms with E-state index in [2.05, 4.69) is 21.2 Å². The molecule has 0 aliphatic rings. The van der Waals surface area contributed by atoms with E-state index in [1.807, 2.05) is 6.07 Å². The second kappa shape index (κ2) is 8.13. The van der Waals surface area contributed by atoms with Gasteiger partial charge in [0.25, 0.3) is 5.91 Å². The van der Waals surface area contributed by atoms with Gasteiger partial charge in [-0.05, 0) is 36.8 Å². The number of esters is 1. The van der Waals surface area contributed by atoms with Crippen LogP contribution < -0.4 is 5.32 Å². The Labute approximate surface area is 147 Å². The standard InChI is InChI=1S/C17H15BrClNO3/c1-11(17(22)20-14-7-4-6-13(18)10-14)23-16(21)9-12-5-2-3-8-15(12)19/h2-8,10-11H,9H2,1H3,(H,20,22)/t11-/m0/s1. The van der Waals surface area contributed by atoms with Crippen LogP contribution in [0.5, 0.6) is 0 Å². The van der Waals surface area contributed by atoms with Crippen molar-refractivity contribution in [3.05, 3.63) is 63.6 Å². The summed E-state index contributed by atoms with van der Waals surface area (Å²) in [6.45, 7) is 1.53. The van der Waals surface area contributed by atoms with Crippen LogP contribution in [0.1, 0.15) is 12.5 Å². The number of hydrogen-bond acceptors (Lipinski definition) is 3. The zero-order chi connectivity index (χ0) is 16.8. The quantitative estimate of drug-likeness (QED) is 0.770. The van der Waals surface area contributed by atoms with Crippen LogP contribution in [0, 0.1) is 0 Å². The van der Waals surface area contributed by atoms with Crippen molar-refractivity contribution in [1.29, 1.82) is 0 Å². The third-order valence-corrected chi connectivity index (χ3v) is 3.92. The van der Waals surface area contributed by atoms with Gasteiger partial charge in [-0.15, -0.1) is 0 Å². The zero-order valence-electron chi connectivity index (χ0n) is 12.4. The Morgan fingerprint density at radius 1 is 1.22 bits per heavy atom. The summed E-state index contributed by atoms with van der Waals surface area (Å²) in [7, 11) is 0. The average molecular weight is 397 g/mol. The van der Waals surface area contributed by atoms with Gasteiger partial charge in [-0.3, -0.25) is 9.59 Å². The molecule has 0 fully saturated rings. The normalized spacial score (nSPS) is 11.6. The van der Waals surface area contributed by atoms with Gasteiger partial charge in [0.15, 0.2) is 6.10 Å². The minimum atomic E-state index is -0.899. The van der Waals surface area contributed by atoms with Gasteiger partial charge in [0.2, 0.25) is 0 Å². The summed E-state index contributed by atoms with van der Waals surface area (Å²) in [4.78, 5) is 24.0. The molecule has 0 radical (unpaired) electrons. The number of hydrogen-bond donors (Lipinski definition) is 1. The number of rotatable bonds is 5. The molecule has 1 N–H and O–H groups in total. The van der Waals surface area contributed by atoms with Crippen molar-refractivity contribution in [2.45, 2.75) is 19.4 Å². The van der Waals surface area contributed by atoms with Crippen LogP contribution in [0.2, 0.25) is 5.02 Å². The van der Waals surface area contributed by atoms with Crippen LogP contribution in [0.25, 0.3) is 0 Å². The SMILES string of the molecule is C[C@H](OC(=O)Cc1ccccc1Cl)C(=O)Nc1cccc(Br)c1. The fourth-order valence-electron chi connectivity index (χ4n) is 1.90. The smallest absolute Gasteiger partial charge is 0.311 e. The maximum Gasteiger partial charge on any atom is 0.311 e. The van der Waals surface area contributed by atoms with Gasteiger partial charge < -0.3 is 10.1 Å². The molecular weight excluding hydrogens is 382 g/mol. The molecule has 2 rings (SSSR count). The van der Waals surface area contributed by atoms with Crippen molar-refractivity contribution in [3.8, 4) is 0 Å². The van der Waals surface area contributed by atoms with Crippen LogP contribution in [0.15, 0.2) is 53.0 Å². The lowest BCUT2D eigenvalue weighted by molar-refractivity contribution is -0.152. The van der Waals surface area contributed by atoms with Gasteiger partial charge in [0.1, 0.15) is 0 Å². The number of carbonyl (C=O) groups is 2. The summed E-state index contributed by atoms with van der Waals surface area (Å²) in [5, 5.41) is 3.19. The topological polar surface area (TPSA) is 55.4 Å². The van der Waals surface area contributed by atoms with Gasteiger partial charge in [0, 0.05) is 15.2 Å². The Kier molecular flexibility index (Phi) is 6.19. The van der Waals surface area contributed by atoms with E-state index in [4.69, 9.17) is 16.3 Å². The van der Waals surface area contributed by atoms with Crippen molar-refractivity contribution in [2.75, 3.05) is 5.32 Å². The highest BCUT2D eigenvalue weighted by Gasteiger charge is 2.18. The second-order valence-electron chi connectivity index (χ2n) is 4.90. The van der Waals surface area contributed by atoms with Gasteiger partial charge in [-0.2, -0.15) is 0 Å². The Morgan fingerprint density at radius 2 is 1.96 bits per heavy atom. The molecule has 1 amide bonds. The molecule has 0 spiro atoms. The third kappa shape index (κ3) is 5.37. The maximum absolute atomic E-state index is 12.0. The van der Waals surface area contributed by atoms with Crippen molar-refractivity contribution < 1.29 is 14.3 Å². The molecular formula is C17H15BrClNO3. The number of halogens is 2. The van der Waals surface area contributed by atoms with Crippen LogP contribution in [0.4, 0.5) is 5.69 Å². The summed E-state index contributed by atoms with van der Waals surface area (Å²) in [5.41, 5.74) is 1.29. The molecule has 23 heavy (non-hydrogen) atoms. The third-order valence-electron chi connectivity index (χ3n) is 3.06. The predicted molar refractivity (Wildman–Crippen MR) is 93.5 cm³/mol. The fraction of sp³-hybridized carbons (Fsp3) is 0.176. The number of amides is 1. The van der Waals surface area contributed by atoms with Crippen LogP contribution in [-0.2, 0) is 20.7 Å². The zero-order valence-corrected chi connectivity index (χ0v) is 14.7. The summed E-state index contributed by atoms with van der Waals surface area (Å²) >= 11 is 9.32. The van der Waals surface area contributed by atoms with Gasteiger partial charge in [-0.25, -0.2) is 0 Å². The molecule has 0 aromatic heterocycles. The monoisotopic (exact) mass is 395 g/mol. The van der Waals surface area contributed by atoms with Gasteiger partial charge in [0.05, 0.1) is 6.42 Å². The first-order chi connectivity index (χ1) is 11.0. The molecule has 0 unspecified atom stereocenters. The van der Waals surface area contributed by atoms with E-state index in [9.17, 15) is 9.59 Å². The molecule has 120 valence electrons. The first-order valence-electron chi connectivity index (χ1n) is 6.95. The van der Waals surface area contributed by atoms with Crippen molar-refractivity contribution >= 4 is 45.1 Å². The van der Waals surface area contributed by atoms with E-state index in [0.29, 0.717) is 16.3 Å². The highest BCUT2D eigenvalue weighted by molar-refractivity contribution is 9.10. The number of ether oxygens (including phenoxy) is 1. The minimum Gasteiger partial charge on any atom is -0.452 e. The van der Waals surface area contributed by atoms with Crippen molar-refractivity contribution in [3.63, 3.8) is 0 Å². The average Bonchev–Trinajstić information content (AvgIpc) is 2.49. The van der Waals surface area contributed by atoms with Crippen molar-refractivity contribution in [2.24, 2.45) is 0 Å². The van der Waals surface area contributed by atoms with E-state index in [0.717, 1.165) is 4.47 Å². The number of anilines is 1. The molecule has 0 heterocycles. The summed E-state index contributed by atoms with van der Waals surface area (Å²) in [6.07, 6.45) is -0.877. The second-order valence-corrected chi connectivity index (χ2v) is 6.22. The summed E-state index contributed by atoms with van der Waals surface area (Å²) in [6, 6.07) is 14.2. The molecule has 2 aromatic rings. The highest BCUT2D eigenvalue weighted by atomic mass is 79.9. The van der Waals surface area contributed by atoms with Gasteiger partial charge >= 0.3 is 5.97 Å². The molecule has 0 saturated heterocycles. The molecule has 1 atom stereocenters. The van der Waals surface area contributed by atoms with E-state index in [1.54, 1.807) is 42.5 Å². The lowest BCUT2D eigenvalue weighted by Gasteiger charge is -2.14. The van der Waals surface area contributed by atoms with E-state index < -0.39 is 18.0 Å². The molecule has 6 heteroatoms. The summed E-state index contributed by atoms with van der Waals surface area (Å²) in [5.74, 6) is -0.898. The fourth-order valence-corrected chi connectivity index (χ4v) is 2.50. The first kappa shape index (κ1) is 17.5. The molecule has 0 bridgehead atoms. The van der Waals surface area contributed by atoms with E-state index >= 15 is 0 Å². The predicted octanol–water partition coefficient (Wildman–Crippen LogP) is 4.22. The Morgan fingerprint density at radius 3 is 2.65 bits per heavy atom. The molecule has 2 aromatic carbocycles. The highest BCUT2D eigenvalue weighted by Crippen LogP contribution is 2.17.